The fourth-order valence-electron chi connectivity index (χ4n) is 5.94. The molecule has 136 valence electrons. The molecule has 3 fully saturated rings. The van der Waals surface area contributed by atoms with E-state index in [4.69, 9.17) is 0 Å². The van der Waals surface area contributed by atoms with Crippen molar-refractivity contribution < 1.29 is 4.79 Å². The van der Waals surface area contributed by atoms with Crippen LogP contribution in [0.25, 0.3) is 0 Å². The maximum absolute atomic E-state index is 12.8. The van der Waals surface area contributed by atoms with Gasteiger partial charge < -0.3 is 0 Å². The Morgan fingerprint density at radius 2 is 1.68 bits per heavy atom. The van der Waals surface area contributed by atoms with Crippen LogP contribution in [0.1, 0.15) is 87.7 Å². The lowest BCUT2D eigenvalue weighted by molar-refractivity contribution is -0.126. The van der Waals surface area contributed by atoms with E-state index in [1.165, 1.54) is 56.1 Å². The Labute approximate surface area is 153 Å². The number of nitrogens with zero attached hydrogens (tertiary/aromatic N) is 1. The molecule has 2 heterocycles. The Kier molecular flexibility index (Phi) is 4.99. The highest BCUT2D eigenvalue weighted by molar-refractivity contribution is 5.82. The van der Waals surface area contributed by atoms with Gasteiger partial charge in [0.05, 0.1) is 0 Å². The van der Waals surface area contributed by atoms with E-state index >= 15 is 0 Å². The average molecular weight is 340 g/mol. The molecule has 2 bridgehead atoms. The maximum Gasteiger partial charge on any atom is 0.137 e. The van der Waals surface area contributed by atoms with Gasteiger partial charge in [-0.2, -0.15) is 0 Å². The largest absolute Gasteiger partial charge is 0.300 e. The average Bonchev–Trinajstić information content (AvgIpc) is 2.90. The standard InChI is InChI=1S/C23H33NO/c1-3-22(25)23-20(15-19-13-14-21(23)24(19)2)18-11-9-17(10-12-18)16-7-5-4-6-8-16/h9-12,16,19-21,23H,3-8,13-15H2,1-2H3/t19-,20+,21+,23-/m0/s1. The molecule has 25 heavy (non-hydrogen) atoms. The molecule has 3 aliphatic rings. The number of benzene rings is 1. The van der Waals surface area contributed by atoms with Crippen molar-refractivity contribution in [1.82, 2.24) is 4.90 Å². The van der Waals surface area contributed by atoms with Crippen LogP contribution in [0.5, 0.6) is 0 Å². The summed E-state index contributed by atoms with van der Waals surface area (Å²) in [6.45, 7) is 2.03. The molecule has 0 amide bonds. The molecular weight excluding hydrogens is 306 g/mol. The molecule has 0 N–H and O–H groups in total. The van der Waals surface area contributed by atoms with Crippen LogP contribution in [0, 0.1) is 5.92 Å². The summed E-state index contributed by atoms with van der Waals surface area (Å²) in [5, 5.41) is 0. The van der Waals surface area contributed by atoms with Crippen LogP contribution in [-0.4, -0.2) is 29.8 Å². The van der Waals surface area contributed by atoms with Crippen molar-refractivity contribution in [2.24, 2.45) is 5.92 Å². The number of Topliss-reactive ketones (excluding diaryl/α,β-unsaturated/α-hetero) is 1. The van der Waals surface area contributed by atoms with E-state index in [2.05, 4.69) is 36.2 Å². The summed E-state index contributed by atoms with van der Waals surface area (Å²) in [5.41, 5.74) is 2.94. The SMILES string of the molecule is CCC(=O)[C@H]1[C@@H](c2ccc(C3CCCCC3)cc2)C[C@@H]2CC[C@H]1N2C. The van der Waals surface area contributed by atoms with Gasteiger partial charge in [-0.1, -0.05) is 50.5 Å². The minimum atomic E-state index is 0.203. The predicted molar refractivity (Wildman–Crippen MR) is 103 cm³/mol. The molecule has 2 nitrogen and oxygen atoms in total. The molecule has 1 aromatic carbocycles. The maximum atomic E-state index is 12.8. The van der Waals surface area contributed by atoms with Crippen LogP contribution in [0.15, 0.2) is 24.3 Å². The number of hydrogen-bond acceptors (Lipinski definition) is 2. The van der Waals surface area contributed by atoms with Crippen molar-refractivity contribution in [3.8, 4) is 0 Å². The van der Waals surface area contributed by atoms with Crippen LogP contribution in [0.3, 0.4) is 0 Å². The Morgan fingerprint density at radius 1 is 1.00 bits per heavy atom. The Balaban J connectivity index is 1.57. The smallest absolute Gasteiger partial charge is 0.137 e. The number of carbonyl (C=O) groups is 1. The van der Waals surface area contributed by atoms with E-state index in [-0.39, 0.29) is 5.92 Å². The lowest BCUT2D eigenvalue weighted by Gasteiger charge is -2.42. The quantitative estimate of drug-likeness (QED) is 0.744. The number of rotatable bonds is 4. The highest BCUT2D eigenvalue weighted by atomic mass is 16.1. The number of fused-ring (bicyclic) bond motifs is 2. The van der Waals surface area contributed by atoms with Crippen molar-refractivity contribution in [2.75, 3.05) is 7.05 Å². The van der Waals surface area contributed by atoms with Gasteiger partial charge in [-0.3, -0.25) is 9.69 Å². The zero-order chi connectivity index (χ0) is 17.4. The monoisotopic (exact) mass is 339 g/mol. The number of hydrogen-bond donors (Lipinski definition) is 0. The lowest BCUT2D eigenvalue weighted by atomic mass is 9.73. The van der Waals surface area contributed by atoms with Gasteiger partial charge in [0, 0.05) is 24.4 Å². The molecule has 1 aromatic rings. The van der Waals surface area contributed by atoms with Crippen LogP contribution >= 0.6 is 0 Å². The summed E-state index contributed by atoms with van der Waals surface area (Å²) < 4.78 is 0. The first-order valence-electron chi connectivity index (χ1n) is 10.5. The van der Waals surface area contributed by atoms with Gasteiger partial charge in [0.15, 0.2) is 0 Å². The van der Waals surface area contributed by atoms with Crippen molar-refractivity contribution in [3.63, 3.8) is 0 Å². The van der Waals surface area contributed by atoms with Crippen molar-refractivity contribution in [1.29, 1.82) is 0 Å². The molecule has 2 heteroatoms. The third-order valence-electron chi connectivity index (χ3n) is 7.43. The normalized spacial score (nSPS) is 33.5. The summed E-state index contributed by atoms with van der Waals surface area (Å²) in [6, 6.07) is 10.6. The molecule has 1 saturated carbocycles. The number of carbonyl (C=O) groups excluding carboxylic acids is 1. The van der Waals surface area contributed by atoms with Crippen LogP contribution in [0.2, 0.25) is 0 Å². The number of piperidine rings is 1. The summed E-state index contributed by atoms with van der Waals surface area (Å²) in [7, 11) is 2.24. The van der Waals surface area contributed by atoms with Gasteiger partial charge >= 0.3 is 0 Å². The highest BCUT2D eigenvalue weighted by Gasteiger charge is 2.48. The van der Waals surface area contributed by atoms with E-state index in [1.54, 1.807) is 0 Å². The zero-order valence-electron chi connectivity index (χ0n) is 15.9. The molecule has 0 aromatic heterocycles. The molecule has 2 saturated heterocycles. The summed E-state index contributed by atoms with van der Waals surface area (Å²) in [5.74, 6) is 1.87. The van der Waals surface area contributed by atoms with E-state index in [0.29, 0.717) is 30.2 Å². The Bertz CT molecular complexity index is 601. The molecule has 0 unspecified atom stereocenters. The van der Waals surface area contributed by atoms with Gasteiger partial charge in [-0.15, -0.1) is 0 Å². The first-order chi connectivity index (χ1) is 12.2. The van der Waals surface area contributed by atoms with Crippen LogP contribution in [0.4, 0.5) is 0 Å². The van der Waals surface area contributed by atoms with E-state index < -0.39 is 0 Å². The van der Waals surface area contributed by atoms with Crippen molar-refractivity contribution in [2.45, 2.75) is 88.6 Å². The molecule has 4 atom stereocenters. The van der Waals surface area contributed by atoms with E-state index in [0.717, 1.165) is 12.3 Å². The molecule has 0 spiro atoms. The first-order valence-corrected chi connectivity index (χ1v) is 10.5. The fourth-order valence-corrected chi connectivity index (χ4v) is 5.94. The molecule has 4 rings (SSSR count). The Morgan fingerprint density at radius 3 is 2.36 bits per heavy atom. The summed E-state index contributed by atoms with van der Waals surface area (Å²) in [4.78, 5) is 15.3. The van der Waals surface area contributed by atoms with Gasteiger partial charge in [0.25, 0.3) is 0 Å². The minimum Gasteiger partial charge on any atom is -0.300 e. The third-order valence-corrected chi connectivity index (χ3v) is 7.43. The topological polar surface area (TPSA) is 20.3 Å². The van der Waals surface area contributed by atoms with Crippen molar-refractivity contribution >= 4 is 5.78 Å². The van der Waals surface area contributed by atoms with Crippen LogP contribution in [-0.2, 0) is 4.79 Å². The number of ketones is 1. The van der Waals surface area contributed by atoms with Gasteiger partial charge in [-0.05, 0) is 62.1 Å². The van der Waals surface area contributed by atoms with Crippen molar-refractivity contribution in [3.05, 3.63) is 35.4 Å². The fraction of sp³-hybridized carbons (Fsp3) is 0.696. The summed E-state index contributed by atoms with van der Waals surface area (Å²) in [6.07, 6.45) is 11.2. The van der Waals surface area contributed by atoms with Gasteiger partial charge in [-0.25, -0.2) is 0 Å². The second-order valence-electron chi connectivity index (χ2n) is 8.65. The molecule has 0 radical (unpaired) electrons. The Hall–Kier alpha value is -1.15. The zero-order valence-corrected chi connectivity index (χ0v) is 15.9. The molecule has 2 aliphatic heterocycles. The highest BCUT2D eigenvalue weighted by Crippen LogP contribution is 2.47. The third kappa shape index (κ3) is 3.18. The first kappa shape index (κ1) is 17.3. The van der Waals surface area contributed by atoms with E-state index in [1.807, 2.05) is 6.92 Å². The van der Waals surface area contributed by atoms with Gasteiger partial charge in [0.1, 0.15) is 5.78 Å². The van der Waals surface area contributed by atoms with E-state index in [9.17, 15) is 4.79 Å². The predicted octanol–water partition coefficient (Wildman–Crippen LogP) is 5.28. The second kappa shape index (κ2) is 7.23. The summed E-state index contributed by atoms with van der Waals surface area (Å²) >= 11 is 0. The lowest BCUT2D eigenvalue weighted by Crippen LogP contribution is -2.48. The minimum absolute atomic E-state index is 0.203. The molecular formula is C23H33NO. The van der Waals surface area contributed by atoms with Crippen LogP contribution < -0.4 is 0 Å². The molecule has 1 aliphatic carbocycles. The second-order valence-corrected chi connectivity index (χ2v) is 8.65. The van der Waals surface area contributed by atoms with Gasteiger partial charge in [0.2, 0.25) is 0 Å².